The summed E-state index contributed by atoms with van der Waals surface area (Å²) in [6.07, 6.45) is 1.95. The average Bonchev–Trinajstić information content (AvgIpc) is 2.93. The fourth-order valence-electron chi connectivity index (χ4n) is 4.80. The Hall–Kier alpha value is -3.17. The quantitative estimate of drug-likeness (QED) is 0.230. The predicted molar refractivity (Wildman–Crippen MR) is 174 cm³/mol. The minimum Gasteiger partial charge on any atom is -0.354 e. The van der Waals surface area contributed by atoms with E-state index in [1.807, 2.05) is 94.4 Å². The van der Waals surface area contributed by atoms with E-state index < -0.39 is 16.1 Å². The summed E-state index contributed by atoms with van der Waals surface area (Å²) in [4.78, 5) is 29.2. The van der Waals surface area contributed by atoms with Crippen molar-refractivity contribution in [1.29, 1.82) is 0 Å². The molecule has 0 saturated heterocycles. The second-order valence-electron chi connectivity index (χ2n) is 11.2. The summed E-state index contributed by atoms with van der Waals surface area (Å²) in [5.41, 5.74) is 4.34. The summed E-state index contributed by atoms with van der Waals surface area (Å²) in [7, 11) is -3.58. The van der Waals surface area contributed by atoms with Crippen molar-refractivity contribution in [3.63, 3.8) is 0 Å². The Labute approximate surface area is 259 Å². The minimum absolute atomic E-state index is 0.0909. The molecule has 3 aromatic rings. The standard InChI is InChI=1S/C33H42BrN3O4S/c1-24(2)22-35-33(39)31(21-27-13-7-6-8-14-27)36(23-28-15-10-16-29(34)20-28)32(38)18-11-19-37(42(5,40)41)30-17-9-12-25(3)26(30)4/h6-10,12-17,20,24,31H,11,18-19,21-23H2,1-5H3,(H,35,39). The molecule has 226 valence electrons. The summed E-state index contributed by atoms with van der Waals surface area (Å²) in [6.45, 7) is 8.81. The highest BCUT2D eigenvalue weighted by Gasteiger charge is 2.30. The number of hydrogen-bond donors (Lipinski definition) is 1. The van der Waals surface area contributed by atoms with Gasteiger partial charge in [0.15, 0.2) is 0 Å². The van der Waals surface area contributed by atoms with Crippen molar-refractivity contribution in [3.8, 4) is 0 Å². The Kier molecular flexibility index (Phi) is 12.2. The summed E-state index contributed by atoms with van der Waals surface area (Å²) in [5, 5.41) is 3.03. The number of carbonyl (C=O) groups is 2. The van der Waals surface area contributed by atoms with Crippen LogP contribution in [0.5, 0.6) is 0 Å². The van der Waals surface area contributed by atoms with Gasteiger partial charge in [-0.2, -0.15) is 0 Å². The molecule has 1 unspecified atom stereocenters. The van der Waals surface area contributed by atoms with Crippen LogP contribution in [0.3, 0.4) is 0 Å². The van der Waals surface area contributed by atoms with E-state index in [-0.39, 0.29) is 37.2 Å². The maximum Gasteiger partial charge on any atom is 0.243 e. The molecule has 0 aromatic heterocycles. The highest BCUT2D eigenvalue weighted by Crippen LogP contribution is 2.26. The normalized spacial score (nSPS) is 12.2. The Bertz CT molecular complexity index is 1460. The zero-order valence-corrected chi connectivity index (χ0v) is 27.5. The van der Waals surface area contributed by atoms with Gasteiger partial charge in [0.25, 0.3) is 0 Å². The van der Waals surface area contributed by atoms with Gasteiger partial charge in [0.05, 0.1) is 11.9 Å². The molecule has 0 radical (unpaired) electrons. The zero-order chi connectivity index (χ0) is 30.9. The van der Waals surface area contributed by atoms with Crippen molar-refractivity contribution in [3.05, 3.63) is 99.5 Å². The number of nitrogens with one attached hydrogen (secondary N) is 1. The second-order valence-corrected chi connectivity index (χ2v) is 14.0. The maximum atomic E-state index is 14.0. The van der Waals surface area contributed by atoms with Gasteiger partial charge in [0.1, 0.15) is 6.04 Å². The van der Waals surface area contributed by atoms with Gasteiger partial charge in [0, 0.05) is 36.9 Å². The topological polar surface area (TPSA) is 86.8 Å². The largest absolute Gasteiger partial charge is 0.354 e. The molecule has 1 N–H and O–H groups in total. The van der Waals surface area contributed by atoms with Crippen LogP contribution in [-0.2, 0) is 32.6 Å². The first-order valence-corrected chi connectivity index (χ1v) is 16.9. The van der Waals surface area contributed by atoms with Crippen LogP contribution in [0.25, 0.3) is 0 Å². The van der Waals surface area contributed by atoms with Crippen molar-refractivity contribution in [2.75, 3.05) is 23.7 Å². The lowest BCUT2D eigenvalue weighted by Gasteiger charge is -2.32. The number of sulfonamides is 1. The van der Waals surface area contributed by atoms with E-state index in [1.54, 1.807) is 11.0 Å². The van der Waals surface area contributed by atoms with Crippen molar-refractivity contribution >= 4 is 43.5 Å². The van der Waals surface area contributed by atoms with Gasteiger partial charge in [-0.05, 0) is 66.6 Å². The van der Waals surface area contributed by atoms with Crippen molar-refractivity contribution < 1.29 is 18.0 Å². The van der Waals surface area contributed by atoms with E-state index in [0.29, 0.717) is 25.1 Å². The number of anilines is 1. The average molecular weight is 657 g/mol. The number of carbonyl (C=O) groups excluding carboxylic acids is 2. The lowest BCUT2D eigenvalue weighted by Crippen LogP contribution is -2.51. The third kappa shape index (κ3) is 9.70. The third-order valence-electron chi connectivity index (χ3n) is 7.19. The summed E-state index contributed by atoms with van der Waals surface area (Å²) < 4.78 is 27.8. The first-order chi connectivity index (χ1) is 19.9. The molecule has 9 heteroatoms. The lowest BCUT2D eigenvalue weighted by atomic mass is 10.0. The third-order valence-corrected chi connectivity index (χ3v) is 8.87. The van der Waals surface area contributed by atoms with Gasteiger partial charge in [0.2, 0.25) is 21.8 Å². The molecule has 0 bridgehead atoms. The summed E-state index contributed by atoms with van der Waals surface area (Å²) in [6, 6.07) is 22.2. The van der Waals surface area contributed by atoms with Gasteiger partial charge in [-0.25, -0.2) is 8.42 Å². The van der Waals surface area contributed by atoms with Crippen molar-refractivity contribution in [1.82, 2.24) is 10.2 Å². The maximum absolute atomic E-state index is 14.0. The lowest BCUT2D eigenvalue weighted by molar-refractivity contribution is -0.141. The molecule has 0 saturated carbocycles. The molecule has 42 heavy (non-hydrogen) atoms. The number of aryl methyl sites for hydroxylation is 1. The van der Waals surface area contributed by atoms with E-state index in [2.05, 4.69) is 21.2 Å². The highest BCUT2D eigenvalue weighted by molar-refractivity contribution is 9.10. The minimum atomic E-state index is -3.58. The summed E-state index contributed by atoms with van der Waals surface area (Å²) >= 11 is 3.51. The molecular weight excluding hydrogens is 614 g/mol. The molecule has 0 aliphatic heterocycles. The van der Waals surface area contributed by atoms with Crippen LogP contribution < -0.4 is 9.62 Å². The van der Waals surface area contributed by atoms with E-state index in [9.17, 15) is 18.0 Å². The molecule has 1 atom stereocenters. The molecule has 0 spiro atoms. The first-order valence-electron chi connectivity index (χ1n) is 14.3. The Morgan fingerprint density at radius 3 is 2.24 bits per heavy atom. The highest BCUT2D eigenvalue weighted by atomic mass is 79.9. The smallest absolute Gasteiger partial charge is 0.243 e. The van der Waals surface area contributed by atoms with Crippen LogP contribution >= 0.6 is 15.9 Å². The number of amides is 2. The van der Waals surface area contributed by atoms with Crippen LogP contribution in [0.4, 0.5) is 5.69 Å². The molecule has 0 fully saturated rings. The molecule has 3 aromatic carbocycles. The molecule has 0 aliphatic rings. The molecular formula is C33H42BrN3O4S. The number of benzene rings is 3. The fourth-order valence-corrected chi connectivity index (χ4v) is 6.26. The Morgan fingerprint density at radius 2 is 1.60 bits per heavy atom. The van der Waals surface area contributed by atoms with Gasteiger partial charge < -0.3 is 10.2 Å². The number of hydrogen-bond acceptors (Lipinski definition) is 4. The first kappa shape index (κ1) is 33.3. The van der Waals surface area contributed by atoms with Crippen molar-refractivity contribution in [2.24, 2.45) is 5.92 Å². The second kappa shape index (κ2) is 15.3. The van der Waals surface area contributed by atoms with E-state index in [0.717, 1.165) is 26.7 Å². The predicted octanol–water partition coefficient (Wildman–Crippen LogP) is 6.02. The van der Waals surface area contributed by atoms with Gasteiger partial charge in [-0.15, -0.1) is 0 Å². The van der Waals surface area contributed by atoms with Crippen LogP contribution in [0.1, 0.15) is 48.9 Å². The molecule has 0 aliphatic carbocycles. The van der Waals surface area contributed by atoms with Gasteiger partial charge in [-0.3, -0.25) is 13.9 Å². The number of halogens is 1. The Morgan fingerprint density at radius 1 is 0.929 bits per heavy atom. The number of nitrogens with zero attached hydrogens (tertiary/aromatic N) is 2. The van der Waals surface area contributed by atoms with Crippen molar-refractivity contribution in [2.45, 2.75) is 59.5 Å². The van der Waals surface area contributed by atoms with Gasteiger partial charge in [-0.1, -0.05) is 84.4 Å². The van der Waals surface area contributed by atoms with E-state index in [4.69, 9.17) is 0 Å². The molecule has 0 heterocycles. The van der Waals surface area contributed by atoms with Gasteiger partial charge >= 0.3 is 0 Å². The summed E-state index contributed by atoms with van der Waals surface area (Å²) in [5.74, 6) is -0.151. The molecule has 2 amide bonds. The number of rotatable bonds is 14. The van der Waals surface area contributed by atoms with Crippen LogP contribution in [0.2, 0.25) is 0 Å². The molecule has 3 rings (SSSR count). The Balaban J connectivity index is 1.90. The molecule has 7 nitrogen and oxygen atoms in total. The van der Waals surface area contributed by atoms with E-state index >= 15 is 0 Å². The monoisotopic (exact) mass is 655 g/mol. The SMILES string of the molecule is Cc1cccc(N(CCCC(=O)N(Cc2cccc(Br)c2)C(Cc2ccccc2)C(=O)NCC(C)C)S(C)(=O)=O)c1C. The van der Waals surface area contributed by atoms with Crippen LogP contribution in [0.15, 0.2) is 77.3 Å². The fraction of sp³-hybridized carbons (Fsp3) is 0.394. The van der Waals surface area contributed by atoms with E-state index in [1.165, 1.54) is 10.6 Å². The van der Waals surface area contributed by atoms with Crippen LogP contribution in [0, 0.1) is 19.8 Å². The zero-order valence-electron chi connectivity index (χ0n) is 25.1. The van der Waals surface area contributed by atoms with Crippen LogP contribution in [-0.4, -0.2) is 50.5 Å².